The number of nitrogens with zero attached hydrogens (tertiary/aromatic N) is 2. The molecule has 0 aliphatic heterocycles. The molecule has 1 heterocycles. The van der Waals surface area contributed by atoms with Gasteiger partial charge in [0.05, 0.1) is 5.39 Å². The number of amides is 2. The number of nitrogens with one attached hydrogen (secondary N) is 2. The first-order valence-corrected chi connectivity index (χ1v) is 8.60. The fraction of sp³-hybridized carbons (Fsp3) is 0.0476. The van der Waals surface area contributed by atoms with E-state index in [-0.39, 0.29) is 11.3 Å². The summed E-state index contributed by atoms with van der Waals surface area (Å²) in [5, 5.41) is 6.77. The largest absolute Gasteiger partial charge is 0.290 e. The van der Waals surface area contributed by atoms with Crippen LogP contribution in [0.5, 0.6) is 0 Å². The fourth-order valence-electron chi connectivity index (χ4n) is 3.04. The van der Waals surface area contributed by atoms with Crippen molar-refractivity contribution < 1.29 is 9.59 Å². The number of carbonyl (C=O) groups excluding carboxylic acids is 2. The lowest BCUT2D eigenvalue weighted by Gasteiger charge is -2.10. The van der Waals surface area contributed by atoms with Crippen LogP contribution in [-0.4, -0.2) is 21.6 Å². The van der Waals surface area contributed by atoms with E-state index in [1.807, 2.05) is 30.3 Å². The van der Waals surface area contributed by atoms with Gasteiger partial charge in [-0.25, -0.2) is 4.68 Å². The Morgan fingerprint density at radius 2 is 1.46 bits per heavy atom. The van der Waals surface area contributed by atoms with Gasteiger partial charge in [-0.2, -0.15) is 5.10 Å². The maximum Gasteiger partial charge on any atom is 0.290 e. The fourth-order valence-corrected chi connectivity index (χ4v) is 3.04. The second kappa shape index (κ2) is 6.96. The molecule has 0 atom stereocenters. The van der Waals surface area contributed by atoms with E-state index in [1.54, 1.807) is 36.4 Å². The molecule has 4 aromatic rings. The van der Waals surface area contributed by atoms with Crippen LogP contribution in [0.2, 0.25) is 0 Å². The Labute approximate surface area is 159 Å². The molecule has 0 saturated heterocycles. The predicted molar refractivity (Wildman–Crippen MR) is 106 cm³/mol. The van der Waals surface area contributed by atoms with Gasteiger partial charge in [0.2, 0.25) is 0 Å². The lowest BCUT2D eigenvalue weighted by atomic mass is 10.1. The minimum absolute atomic E-state index is 0.0523. The van der Waals surface area contributed by atoms with Crippen LogP contribution in [0.15, 0.2) is 71.5 Å². The maximum absolute atomic E-state index is 12.6. The summed E-state index contributed by atoms with van der Waals surface area (Å²) in [6.45, 7) is 0. The van der Waals surface area contributed by atoms with Crippen LogP contribution in [0.3, 0.4) is 0 Å². The summed E-state index contributed by atoms with van der Waals surface area (Å²) in [4.78, 5) is 37.1. The van der Waals surface area contributed by atoms with Crippen molar-refractivity contribution in [2.45, 2.75) is 0 Å². The zero-order valence-corrected chi connectivity index (χ0v) is 15.0. The SMILES string of the molecule is Cn1nc(C(=O)NNC(=O)c2ccc3ccccc3c2)c2ccccc2c1=O. The van der Waals surface area contributed by atoms with Crippen LogP contribution in [0.25, 0.3) is 21.5 Å². The van der Waals surface area contributed by atoms with E-state index in [2.05, 4.69) is 16.0 Å². The van der Waals surface area contributed by atoms with Crippen molar-refractivity contribution in [3.05, 3.63) is 88.3 Å². The normalized spacial score (nSPS) is 10.8. The summed E-state index contributed by atoms with van der Waals surface area (Å²) >= 11 is 0. The summed E-state index contributed by atoms with van der Waals surface area (Å²) < 4.78 is 1.10. The number of aromatic nitrogens is 2. The minimum Gasteiger partial charge on any atom is -0.267 e. The smallest absolute Gasteiger partial charge is 0.267 e. The lowest BCUT2D eigenvalue weighted by molar-refractivity contribution is 0.0844. The molecule has 4 rings (SSSR count). The molecule has 0 unspecified atom stereocenters. The first kappa shape index (κ1) is 17.4. The zero-order chi connectivity index (χ0) is 19.7. The Hall–Kier alpha value is -4.00. The van der Waals surface area contributed by atoms with E-state index in [4.69, 9.17) is 0 Å². The number of carbonyl (C=O) groups is 2. The Balaban J connectivity index is 1.57. The van der Waals surface area contributed by atoms with Gasteiger partial charge in [-0.3, -0.25) is 25.2 Å². The van der Waals surface area contributed by atoms with Crippen LogP contribution >= 0.6 is 0 Å². The first-order valence-electron chi connectivity index (χ1n) is 8.60. The summed E-state index contributed by atoms with van der Waals surface area (Å²) in [5.74, 6) is -1.06. The van der Waals surface area contributed by atoms with Gasteiger partial charge in [0.1, 0.15) is 0 Å². The van der Waals surface area contributed by atoms with Crippen LogP contribution in [0, 0.1) is 0 Å². The minimum atomic E-state index is -0.610. The zero-order valence-electron chi connectivity index (χ0n) is 15.0. The van der Waals surface area contributed by atoms with Crippen LogP contribution in [0.1, 0.15) is 20.8 Å². The van der Waals surface area contributed by atoms with Gasteiger partial charge in [-0.1, -0.05) is 48.5 Å². The average Bonchev–Trinajstić information content (AvgIpc) is 2.74. The molecule has 0 aliphatic carbocycles. The number of fused-ring (bicyclic) bond motifs is 2. The van der Waals surface area contributed by atoms with Gasteiger partial charge in [0, 0.05) is 18.0 Å². The lowest BCUT2D eigenvalue weighted by Crippen LogP contribution is -2.42. The van der Waals surface area contributed by atoms with Crippen LogP contribution in [0.4, 0.5) is 0 Å². The van der Waals surface area contributed by atoms with Crippen molar-refractivity contribution in [1.29, 1.82) is 0 Å². The third kappa shape index (κ3) is 3.09. The number of aryl methyl sites for hydroxylation is 1. The summed E-state index contributed by atoms with van der Waals surface area (Å²) in [6.07, 6.45) is 0. The van der Waals surface area contributed by atoms with Gasteiger partial charge in [-0.15, -0.1) is 0 Å². The van der Waals surface area contributed by atoms with Crippen LogP contribution < -0.4 is 16.4 Å². The second-order valence-corrected chi connectivity index (χ2v) is 6.29. The standard InChI is InChI=1S/C21H16N4O3/c1-25-21(28)17-9-5-4-8-16(17)18(24-25)20(27)23-22-19(26)15-11-10-13-6-2-3-7-14(13)12-15/h2-12H,1H3,(H,22,26)(H,23,27). The Kier molecular flexibility index (Phi) is 4.33. The van der Waals surface area contributed by atoms with Gasteiger partial charge in [0.25, 0.3) is 17.4 Å². The van der Waals surface area contributed by atoms with Crippen molar-refractivity contribution in [3.63, 3.8) is 0 Å². The summed E-state index contributed by atoms with van der Waals surface area (Å²) in [7, 11) is 1.47. The maximum atomic E-state index is 12.6. The molecule has 3 aromatic carbocycles. The molecule has 7 nitrogen and oxygen atoms in total. The molecule has 0 saturated carbocycles. The predicted octanol–water partition coefficient (Wildman–Crippen LogP) is 2.16. The molecule has 7 heteroatoms. The highest BCUT2D eigenvalue weighted by atomic mass is 16.2. The van der Waals surface area contributed by atoms with E-state index in [1.165, 1.54) is 7.05 Å². The van der Waals surface area contributed by atoms with E-state index >= 15 is 0 Å². The molecule has 28 heavy (non-hydrogen) atoms. The van der Waals surface area contributed by atoms with E-state index < -0.39 is 11.8 Å². The third-order valence-corrected chi connectivity index (χ3v) is 4.47. The molecule has 0 spiro atoms. The molecule has 138 valence electrons. The molecule has 0 bridgehead atoms. The summed E-state index contributed by atoms with van der Waals surface area (Å²) in [5.41, 5.74) is 4.93. The van der Waals surface area contributed by atoms with Crippen LogP contribution in [-0.2, 0) is 7.05 Å². The number of rotatable bonds is 2. The highest BCUT2D eigenvalue weighted by Gasteiger charge is 2.16. The molecule has 0 fully saturated rings. The number of hydrogen-bond donors (Lipinski definition) is 2. The van der Waals surface area contributed by atoms with Gasteiger partial charge in [-0.05, 0) is 29.0 Å². The molecule has 1 aromatic heterocycles. The van der Waals surface area contributed by atoms with Crippen molar-refractivity contribution in [2.75, 3.05) is 0 Å². The molecule has 0 aliphatic rings. The van der Waals surface area contributed by atoms with E-state index in [9.17, 15) is 14.4 Å². The van der Waals surface area contributed by atoms with E-state index in [0.717, 1.165) is 15.5 Å². The molecule has 2 N–H and O–H groups in total. The number of benzene rings is 3. The quantitative estimate of drug-likeness (QED) is 0.528. The van der Waals surface area contributed by atoms with Gasteiger partial charge in [0.15, 0.2) is 5.69 Å². The van der Waals surface area contributed by atoms with Crippen molar-refractivity contribution in [2.24, 2.45) is 7.05 Å². The molecule has 0 radical (unpaired) electrons. The summed E-state index contributed by atoms with van der Waals surface area (Å²) in [6, 6.07) is 19.7. The molecular weight excluding hydrogens is 356 g/mol. The topological polar surface area (TPSA) is 93.1 Å². The number of hydrogen-bond acceptors (Lipinski definition) is 4. The van der Waals surface area contributed by atoms with Gasteiger partial charge < -0.3 is 0 Å². The Morgan fingerprint density at radius 1 is 0.821 bits per heavy atom. The highest BCUT2D eigenvalue weighted by molar-refractivity contribution is 6.06. The second-order valence-electron chi connectivity index (χ2n) is 6.29. The number of hydrazine groups is 1. The van der Waals surface area contributed by atoms with Gasteiger partial charge >= 0.3 is 0 Å². The molecule has 2 amide bonds. The van der Waals surface area contributed by atoms with Crippen molar-refractivity contribution in [3.8, 4) is 0 Å². The van der Waals surface area contributed by atoms with Crippen molar-refractivity contribution in [1.82, 2.24) is 20.6 Å². The average molecular weight is 372 g/mol. The molecular formula is C21H16N4O3. The Bertz CT molecular complexity index is 1290. The Morgan fingerprint density at radius 3 is 2.25 bits per heavy atom. The third-order valence-electron chi connectivity index (χ3n) is 4.47. The highest BCUT2D eigenvalue weighted by Crippen LogP contribution is 2.16. The van der Waals surface area contributed by atoms with E-state index in [0.29, 0.717) is 16.3 Å². The van der Waals surface area contributed by atoms with Crippen molar-refractivity contribution >= 4 is 33.4 Å². The monoisotopic (exact) mass is 372 g/mol. The first-order chi connectivity index (χ1) is 13.5.